The van der Waals surface area contributed by atoms with Gasteiger partial charge in [-0.2, -0.15) is 0 Å². The molecule has 1 rings (SSSR count). The molecule has 0 aliphatic rings. The van der Waals surface area contributed by atoms with E-state index < -0.39 is 0 Å². The van der Waals surface area contributed by atoms with E-state index in [9.17, 15) is 0 Å². The first-order valence-corrected chi connectivity index (χ1v) is 8.89. The molecule has 20 heavy (non-hydrogen) atoms. The minimum atomic E-state index is 0.241. The zero-order valence-electron chi connectivity index (χ0n) is 12.8. The molecule has 1 aromatic carbocycles. The zero-order valence-corrected chi connectivity index (χ0v) is 16.7. The van der Waals surface area contributed by atoms with Crippen LogP contribution in [-0.2, 0) is 0 Å². The summed E-state index contributed by atoms with van der Waals surface area (Å²) in [5.41, 5.74) is 1.46. The molecule has 0 radical (unpaired) electrons. The van der Waals surface area contributed by atoms with Gasteiger partial charge in [-0.1, -0.05) is 55.2 Å². The summed E-state index contributed by atoms with van der Waals surface area (Å²) in [7, 11) is 1.69. The van der Waals surface area contributed by atoms with E-state index in [2.05, 4.69) is 59.6 Å². The molecule has 0 bridgehead atoms. The third-order valence-corrected chi connectivity index (χ3v) is 4.82. The Bertz CT molecular complexity index is 455. The van der Waals surface area contributed by atoms with Gasteiger partial charge in [-0.25, -0.2) is 0 Å². The Balaban J connectivity index is 2.89. The van der Waals surface area contributed by atoms with Crippen LogP contribution in [0.2, 0.25) is 5.02 Å². The van der Waals surface area contributed by atoms with E-state index >= 15 is 0 Å². The van der Waals surface area contributed by atoms with Gasteiger partial charge in [0.1, 0.15) is 5.75 Å². The minimum Gasteiger partial charge on any atom is -0.495 e. The van der Waals surface area contributed by atoms with Crippen molar-refractivity contribution in [2.75, 3.05) is 7.11 Å². The molecule has 0 aliphatic carbocycles. The van der Waals surface area contributed by atoms with E-state index in [1.165, 1.54) is 6.42 Å². The number of rotatable bonds is 5. The van der Waals surface area contributed by atoms with Crippen molar-refractivity contribution < 1.29 is 4.74 Å². The summed E-state index contributed by atoms with van der Waals surface area (Å²) in [5, 5.41) is 0.723. The standard InChI is InChI=1S/C16H23Br2ClO/c1-10(9-16(2,3)4)6-13(17)12-7-11(19)8-14(18)15(12)20-5/h7-8,10,13H,6,9H2,1-5H3. The summed E-state index contributed by atoms with van der Waals surface area (Å²) < 4.78 is 6.40. The summed E-state index contributed by atoms with van der Waals surface area (Å²) in [6.07, 6.45) is 2.25. The van der Waals surface area contributed by atoms with Crippen LogP contribution in [-0.4, -0.2) is 7.11 Å². The van der Waals surface area contributed by atoms with Crippen LogP contribution in [0.3, 0.4) is 0 Å². The molecule has 0 saturated carbocycles. The lowest BCUT2D eigenvalue weighted by molar-refractivity contribution is 0.295. The molecule has 1 aromatic rings. The van der Waals surface area contributed by atoms with Gasteiger partial charge in [-0.15, -0.1) is 0 Å². The number of benzene rings is 1. The van der Waals surface area contributed by atoms with Crippen LogP contribution >= 0.6 is 43.5 Å². The van der Waals surface area contributed by atoms with Crippen LogP contribution in [0.1, 0.15) is 50.9 Å². The highest BCUT2D eigenvalue weighted by molar-refractivity contribution is 9.10. The van der Waals surface area contributed by atoms with Crippen LogP contribution in [0.5, 0.6) is 5.75 Å². The first kappa shape index (κ1) is 18.3. The van der Waals surface area contributed by atoms with Crippen molar-refractivity contribution in [2.24, 2.45) is 11.3 Å². The number of hydrogen-bond acceptors (Lipinski definition) is 1. The van der Waals surface area contributed by atoms with Crippen LogP contribution in [0, 0.1) is 11.3 Å². The third kappa shape index (κ3) is 5.57. The summed E-state index contributed by atoms with van der Waals surface area (Å²) in [6, 6.07) is 3.84. The van der Waals surface area contributed by atoms with E-state index in [0.29, 0.717) is 11.3 Å². The Labute approximate surface area is 144 Å². The Morgan fingerprint density at radius 3 is 2.40 bits per heavy atom. The molecule has 0 N–H and O–H groups in total. The summed E-state index contributed by atoms with van der Waals surface area (Å²) in [4.78, 5) is 0.241. The highest BCUT2D eigenvalue weighted by atomic mass is 79.9. The van der Waals surface area contributed by atoms with Gasteiger partial charge in [0.2, 0.25) is 0 Å². The maximum atomic E-state index is 6.16. The van der Waals surface area contributed by atoms with Crippen molar-refractivity contribution in [3.8, 4) is 5.75 Å². The number of methoxy groups -OCH3 is 1. The highest BCUT2D eigenvalue weighted by Crippen LogP contribution is 2.42. The first-order valence-electron chi connectivity index (χ1n) is 6.81. The topological polar surface area (TPSA) is 9.23 Å². The molecule has 0 fully saturated rings. The summed E-state index contributed by atoms with van der Waals surface area (Å²) in [5.74, 6) is 1.49. The smallest absolute Gasteiger partial charge is 0.137 e. The van der Waals surface area contributed by atoms with E-state index in [-0.39, 0.29) is 4.83 Å². The molecule has 0 aliphatic heterocycles. The predicted octanol–water partition coefficient (Wildman–Crippen LogP) is 7.01. The Morgan fingerprint density at radius 2 is 1.90 bits per heavy atom. The normalized spacial score (nSPS) is 15.0. The summed E-state index contributed by atoms with van der Waals surface area (Å²) >= 11 is 13.5. The lowest BCUT2D eigenvalue weighted by Gasteiger charge is -2.25. The van der Waals surface area contributed by atoms with Crippen molar-refractivity contribution in [3.63, 3.8) is 0 Å². The highest BCUT2D eigenvalue weighted by Gasteiger charge is 2.22. The average molecular weight is 427 g/mol. The number of ether oxygens (including phenoxy) is 1. The van der Waals surface area contributed by atoms with Gasteiger partial charge < -0.3 is 4.74 Å². The molecule has 0 amide bonds. The second kappa shape index (κ2) is 7.51. The number of halogens is 3. The van der Waals surface area contributed by atoms with Crippen LogP contribution < -0.4 is 4.74 Å². The van der Waals surface area contributed by atoms with E-state index in [1.807, 2.05) is 12.1 Å². The first-order chi connectivity index (χ1) is 9.14. The fourth-order valence-corrected chi connectivity index (χ4v) is 4.61. The molecule has 2 unspecified atom stereocenters. The van der Waals surface area contributed by atoms with Crippen molar-refractivity contribution in [1.29, 1.82) is 0 Å². The van der Waals surface area contributed by atoms with Gasteiger partial charge in [-0.05, 0) is 52.2 Å². The molecule has 0 spiro atoms. The van der Waals surface area contributed by atoms with Gasteiger partial charge in [-0.3, -0.25) is 0 Å². The van der Waals surface area contributed by atoms with Gasteiger partial charge in [0, 0.05) is 15.4 Å². The van der Waals surface area contributed by atoms with Crippen molar-refractivity contribution in [1.82, 2.24) is 0 Å². The fourth-order valence-electron chi connectivity index (χ4n) is 2.64. The maximum absolute atomic E-state index is 6.16. The molecule has 4 heteroatoms. The second-order valence-corrected chi connectivity index (χ2v) is 8.98. The SMILES string of the molecule is COc1c(Br)cc(Cl)cc1C(Br)CC(C)CC(C)(C)C. The monoisotopic (exact) mass is 424 g/mol. The molecule has 0 heterocycles. The molecule has 114 valence electrons. The molecule has 1 nitrogen and oxygen atoms in total. The van der Waals surface area contributed by atoms with Gasteiger partial charge in [0.05, 0.1) is 11.6 Å². The lowest BCUT2D eigenvalue weighted by atomic mass is 9.83. The van der Waals surface area contributed by atoms with Gasteiger partial charge in [0.25, 0.3) is 0 Å². The largest absolute Gasteiger partial charge is 0.495 e. The fraction of sp³-hybridized carbons (Fsp3) is 0.625. The number of hydrogen-bond donors (Lipinski definition) is 0. The van der Waals surface area contributed by atoms with E-state index in [1.54, 1.807) is 7.11 Å². The second-order valence-electron chi connectivity index (χ2n) is 6.58. The predicted molar refractivity (Wildman–Crippen MR) is 95.2 cm³/mol. The van der Waals surface area contributed by atoms with Crippen LogP contribution in [0.15, 0.2) is 16.6 Å². The zero-order chi connectivity index (χ0) is 15.5. The minimum absolute atomic E-state index is 0.241. The average Bonchev–Trinajstić information content (AvgIpc) is 2.24. The lowest BCUT2D eigenvalue weighted by Crippen LogP contribution is -2.12. The van der Waals surface area contributed by atoms with Crippen LogP contribution in [0.25, 0.3) is 0 Å². The van der Waals surface area contributed by atoms with Gasteiger partial charge >= 0.3 is 0 Å². The van der Waals surface area contributed by atoms with Crippen LogP contribution in [0.4, 0.5) is 0 Å². The van der Waals surface area contributed by atoms with Gasteiger partial charge in [0.15, 0.2) is 0 Å². The third-order valence-electron chi connectivity index (χ3n) is 3.15. The van der Waals surface area contributed by atoms with E-state index in [0.717, 1.165) is 27.2 Å². The Morgan fingerprint density at radius 1 is 1.30 bits per heavy atom. The molecular formula is C16H23Br2ClO. The molecule has 0 saturated heterocycles. The Kier molecular flexibility index (Phi) is 6.88. The summed E-state index contributed by atoms with van der Waals surface area (Å²) in [6.45, 7) is 9.14. The molecule has 2 atom stereocenters. The van der Waals surface area contributed by atoms with Crippen molar-refractivity contribution in [3.05, 3.63) is 27.2 Å². The maximum Gasteiger partial charge on any atom is 0.137 e. The number of alkyl halides is 1. The molecule has 0 aromatic heterocycles. The van der Waals surface area contributed by atoms with Crippen molar-refractivity contribution >= 4 is 43.5 Å². The van der Waals surface area contributed by atoms with Crippen molar-refractivity contribution in [2.45, 2.75) is 45.4 Å². The van der Waals surface area contributed by atoms with E-state index in [4.69, 9.17) is 16.3 Å². The molecular weight excluding hydrogens is 403 g/mol. The Hall–Kier alpha value is 0.270. The quantitative estimate of drug-likeness (QED) is 0.460.